The Hall–Kier alpha value is -0.260. The summed E-state index contributed by atoms with van der Waals surface area (Å²) in [7, 11) is 0. The van der Waals surface area contributed by atoms with Crippen LogP contribution in [0.25, 0.3) is 0 Å². The molecular weight excluding hydrogens is 248 g/mol. The number of aliphatic hydroxyl groups excluding tert-OH is 1. The van der Waals surface area contributed by atoms with Crippen LogP contribution in [0.4, 0.5) is 0 Å². The molecule has 0 aliphatic heterocycles. The van der Waals surface area contributed by atoms with Crippen molar-refractivity contribution in [2.24, 2.45) is 5.73 Å². The molecule has 1 aliphatic rings. The van der Waals surface area contributed by atoms with Crippen LogP contribution in [0.5, 0.6) is 0 Å². The van der Waals surface area contributed by atoms with Crippen LogP contribution in [0.15, 0.2) is 0 Å². The van der Waals surface area contributed by atoms with E-state index in [0.717, 1.165) is 50.8 Å². The normalized spacial score (nSPS) is 28.2. The Balaban J connectivity index is 2.53. The van der Waals surface area contributed by atoms with E-state index in [1.165, 1.54) is 0 Å². The number of aliphatic hydroxyl groups is 1. The van der Waals surface area contributed by atoms with Crippen LogP contribution < -0.4 is 11.1 Å². The molecule has 0 aromatic rings. The molecule has 0 spiro atoms. The highest BCUT2D eigenvalue weighted by Gasteiger charge is 2.40. The lowest BCUT2D eigenvalue weighted by Crippen LogP contribution is -2.58. The highest BCUT2D eigenvalue weighted by Crippen LogP contribution is 2.35. The predicted octanol–water partition coefficient (Wildman–Crippen LogP) is 1.27. The molecule has 0 bridgehead atoms. The number of nitrogens with one attached hydrogen (secondary N) is 1. The van der Waals surface area contributed by atoms with Crippen LogP contribution in [0.2, 0.25) is 0 Å². The van der Waals surface area contributed by atoms with Gasteiger partial charge in [0.05, 0.1) is 5.54 Å². The molecule has 4 N–H and O–H groups in total. The average Bonchev–Trinajstić information content (AvgIpc) is 2.37. The summed E-state index contributed by atoms with van der Waals surface area (Å²) in [4.78, 5) is 11.8. The van der Waals surface area contributed by atoms with Crippen LogP contribution in [-0.4, -0.2) is 40.7 Å². The van der Waals surface area contributed by atoms with Gasteiger partial charge in [-0.25, -0.2) is 0 Å². The third kappa shape index (κ3) is 4.44. The smallest absolute Gasteiger partial charge is 0.237 e. The summed E-state index contributed by atoms with van der Waals surface area (Å²) in [6.45, 7) is 3.18. The first kappa shape index (κ1) is 15.8. The molecule has 0 aromatic heterocycles. The summed E-state index contributed by atoms with van der Waals surface area (Å²) >= 11 is 1.87. The molecule has 18 heavy (non-hydrogen) atoms. The van der Waals surface area contributed by atoms with Gasteiger partial charge < -0.3 is 16.2 Å². The number of primary amides is 1. The molecule has 5 heteroatoms. The fraction of sp³-hybridized carbons (Fsp3) is 0.923. The van der Waals surface area contributed by atoms with Crippen LogP contribution in [0.3, 0.4) is 0 Å². The Bertz CT molecular complexity index is 263. The van der Waals surface area contributed by atoms with Crippen molar-refractivity contribution in [3.05, 3.63) is 0 Å². The molecule has 0 aromatic carbocycles. The average molecular weight is 274 g/mol. The zero-order valence-electron chi connectivity index (χ0n) is 11.3. The van der Waals surface area contributed by atoms with Crippen molar-refractivity contribution in [2.45, 2.75) is 56.2 Å². The standard InChI is InChI=1S/C13H26N2O2S/c1-2-7-15-13(12(14)17)6-3-5-11(10-13)18-9-4-8-16/h11,15-16H,2-10H2,1H3,(H2,14,17). The van der Waals surface area contributed by atoms with Crippen molar-refractivity contribution in [1.29, 1.82) is 0 Å². The highest BCUT2D eigenvalue weighted by atomic mass is 32.2. The lowest BCUT2D eigenvalue weighted by atomic mass is 9.80. The Morgan fingerprint density at radius 2 is 2.39 bits per heavy atom. The van der Waals surface area contributed by atoms with E-state index in [4.69, 9.17) is 10.8 Å². The van der Waals surface area contributed by atoms with Crippen LogP contribution in [0.1, 0.15) is 45.4 Å². The van der Waals surface area contributed by atoms with E-state index in [1.807, 2.05) is 11.8 Å². The lowest BCUT2D eigenvalue weighted by molar-refractivity contribution is -0.125. The molecule has 1 amide bonds. The number of nitrogens with two attached hydrogens (primary N) is 1. The molecule has 0 heterocycles. The summed E-state index contributed by atoms with van der Waals surface area (Å²) in [5, 5.41) is 12.7. The van der Waals surface area contributed by atoms with E-state index in [0.29, 0.717) is 5.25 Å². The van der Waals surface area contributed by atoms with Gasteiger partial charge in [0, 0.05) is 11.9 Å². The Morgan fingerprint density at radius 3 is 3.00 bits per heavy atom. The maximum atomic E-state index is 11.8. The van der Waals surface area contributed by atoms with Crippen LogP contribution in [0, 0.1) is 0 Å². The lowest BCUT2D eigenvalue weighted by Gasteiger charge is -2.39. The first-order valence-corrected chi connectivity index (χ1v) is 7.97. The fourth-order valence-electron chi connectivity index (χ4n) is 2.52. The molecular formula is C13H26N2O2S. The summed E-state index contributed by atoms with van der Waals surface area (Å²) in [5.41, 5.74) is 5.11. The van der Waals surface area contributed by atoms with E-state index in [1.54, 1.807) is 0 Å². The Kier molecular flexibility index (Phi) is 7.04. The van der Waals surface area contributed by atoms with E-state index in [9.17, 15) is 4.79 Å². The molecule has 1 aliphatic carbocycles. The fourth-order valence-corrected chi connectivity index (χ4v) is 3.88. The minimum Gasteiger partial charge on any atom is -0.396 e. The van der Waals surface area contributed by atoms with Crippen LogP contribution >= 0.6 is 11.8 Å². The minimum atomic E-state index is -0.495. The van der Waals surface area contributed by atoms with Gasteiger partial charge in [0.2, 0.25) is 5.91 Å². The highest BCUT2D eigenvalue weighted by molar-refractivity contribution is 7.99. The number of amides is 1. The molecule has 106 valence electrons. The number of hydrogen-bond donors (Lipinski definition) is 3. The van der Waals surface area contributed by atoms with Crippen LogP contribution in [-0.2, 0) is 4.79 Å². The molecule has 2 atom stereocenters. The number of carbonyl (C=O) groups is 1. The molecule has 0 radical (unpaired) electrons. The molecule has 1 rings (SSSR count). The number of thioether (sulfide) groups is 1. The van der Waals surface area contributed by atoms with Gasteiger partial charge >= 0.3 is 0 Å². The summed E-state index contributed by atoms with van der Waals surface area (Å²) < 4.78 is 0. The molecule has 1 fully saturated rings. The Labute approximate surface area is 114 Å². The van der Waals surface area contributed by atoms with Gasteiger partial charge in [0.1, 0.15) is 0 Å². The third-order valence-corrected chi connectivity index (χ3v) is 4.94. The first-order chi connectivity index (χ1) is 8.64. The largest absolute Gasteiger partial charge is 0.396 e. The van der Waals surface area contributed by atoms with Gasteiger partial charge in [-0.15, -0.1) is 0 Å². The zero-order chi connectivity index (χ0) is 13.4. The number of rotatable bonds is 8. The van der Waals surface area contributed by atoms with E-state index >= 15 is 0 Å². The van der Waals surface area contributed by atoms with Gasteiger partial charge in [0.15, 0.2) is 0 Å². The van der Waals surface area contributed by atoms with Crippen molar-refractivity contribution in [3.8, 4) is 0 Å². The quantitative estimate of drug-likeness (QED) is 0.583. The predicted molar refractivity (Wildman–Crippen MR) is 76.6 cm³/mol. The number of hydrogen-bond acceptors (Lipinski definition) is 4. The molecule has 4 nitrogen and oxygen atoms in total. The number of carbonyl (C=O) groups excluding carboxylic acids is 1. The summed E-state index contributed by atoms with van der Waals surface area (Å²) in [5.74, 6) is 0.757. The van der Waals surface area contributed by atoms with Crippen molar-refractivity contribution in [3.63, 3.8) is 0 Å². The first-order valence-electron chi connectivity index (χ1n) is 6.92. The van der Waals surface area contributed by atoms with Gasteiger partial charge in [-0.05, 0) is 50.8 Å². The molecule has 1 saturated carbocycles. The second kappa shape index (κ2) is 8.02. The zero-order valence-corrected chi connectivity index (χ0v) is 12.1. The van der Waals surface area contributed by atoms with Gasteiger partial charge in [-0.1, -0.05) is 6.92 Å². The molecule has 2 unspecified atom stereocenters. The SMILES string of the molecule is CCCNC1(C(N)=O)CCCC(SCCCO)C1. The van der Waals surface area contributed by atoms with Crippen molar-refractivity contribution in [2.75, 3.05) is 18.9 Å². The van der Waals surface area contributed by atoms with Gasteiger partial charge in [-0.2, -0.15) is 11.8 Å². The second-order valence-corrected chi connectivity index (χ2v) is 6.45. The Morgan fingerprint density at radius 1 is 1.61 bits per heavy atom. The third-order valence-electron chi connectivity index (χ3n) is 3.55. The monoisotopic (exact) mass is 274 g/mol. The van der Waals surface area contributed by atoms with Crippen molar-refractivity contribution in [1.82, 2.24) is 5.32 Å². The topological polar surface area (TPSA) is 75.3 Å². The summed E-state index contributed by atoms with van der Waals surface area (Å²) in [6.07, 6.45) is 5.73. The van der Waals surface area contributed by atoms with E-state index in [2.05, 4.69) is 12.2 Å². The van der Waals surface area contributed by atoms with Gasteiger partial charge in [0.25, 0.3) is 0 Å². The van der Waals surface area contributed by atoms with E-state index < -0.39 is 5.54 Å². The second-order valence-electron chi connectivity index (χ2n) is 5.04. The molecule has 0 saturated heterocycles. The van der Waals surface area contributed by atoms with E-state index in [-0.39, 0.29) is 12.5 Å². The van der Waals surface area contributed by atoms with Gasteiger partial charge in [-0.3, -0.25) is 4.79 Å². The summed E-state index contributed by atoms with van der Waals surface area (Å²) in [6, 6.07) is 0. The van der Waals surface area contributed by atoms with Crippen molar-refractivity contribution >= 4 is 17.7 Å². The maximum absolute atomic E-state index is 11.8. The minimum absolute atomic E-state index is 0.205. The van der Waals surface area contributed by atoms with Crippen molar-refractivity contribution < 1.29 is 9.90 Å². The maximum Gasteiger partial charge on any atom is 0.237 e.